The predicted molar refractivity (Wildman–Crippen MR) is 128 cm³/mol. The van der Waals surface area contributed by atoms with Gasteiger partial charge < -0.3 is 9.64 Å². The van der Waals surface area contributed by atoms with Gasteiger partial charge in [0.25, 0.3) is 23.6 Å². The van der Waals surface area contributed by atoms with Crippen LogP contribution in [0, 0.1) is 5.92 Å². The minimum Gasteiger partial charge on any atom is -0.444 e. The van der Waals surface area contributed by atoms with E-state index in [0.717, 1.165) is 0 Å². The topological polar surface area (TPSA) is 104 Å². The Morgan fingerprint density at radius 3 is 1.72 bits per heavy atom. The second-order valence-electron chi connectivity index (χ2n) is 10.3. The minimum atomic E-state index is -0.643. The Balaban J connectivity index is 1.36. The summed E-state index contributed by atoms with van der Waals surface area (Å²) in [6.07, 6.45) is -0.246. The highest BCUT2D eigenvalue weighted by molar-refractivity contribution is 6.22. The van der Waals surface area contributed by atoms with Crippen molar-refractivity contribution < 1.29 is 28.7 Å². The van der Waals surface area contributed by atoms with Crippen LogP contribution in [0.5, 0.6) is 0 Å². The van der Waals surface area contributed by atoms with E-state index in [1.165, 1.54) is 14.7 Å². The van der Waals surface area contributed by atoms with Crippen molar-refractivity contribution in [1.29, 1.82) is 0 Å². The lowest BCUT2D eigenvalue weighted by Crippen LogP contribution is -2.60. The van der Waals surface area contributed by atoms with Crippen molar-refractivity contribution in [2.45, 2.75) is 38.8 Å². The number of amides is 5. The van der Waals surface area contributed by atoms with E-state index in [9.17, 15) is 24.0 Å². The fraction of sp³-hybridized carbons (Fsp3) is 0.370. The fourth-order valence-corrected chi connectivity index (χ4v) is 5.02. The highest BCUT2D eigenvalue weighted by atomic mass is 16.6. The standard InChI is InChI=1S/C27H27N3O6/c1-27(2,3)36-26(35)28-14-16(15-28)21(30-24(33)19-10-6-7-11-20(19)25(30)34)12-13-29-22(31)17-8-4-5-9-18(17)23(29)32/h4-11,16,21H,12-15H2,1-3H3. The molecule has 0 aliphatic carbocycles. The molecule has 36 heavy (non-hydrogen) atoms. The maximum atomic E-state index is 13.3. The molecular formula is C27H27N3O6. The molecule has 2 aromatic rings. The van der Waals surface area contributed by atoms with Crippen molar-refractivity contribution in [3.8, 4) is 0 Å². The molecule has 3 aliphatic heterocycles. The Kier molecular flexibility index (Phi) is 5.65. The van der Waals surface area contributed by atoms with Crippen LogP contribution in [0.3, 0.4) is 0 Å². The lowest BCUT2D eigenvalue weighted by molar-refractivity contribution is -0.0162. The first-order valence-electron chi connectivity index (χ1n) is 12.0. The highest BCUT2D eigenvalue weighted by Crippen LogP contribution is 2.34. The van der Waals surface area contributed by atoms with E-state index in [-0.39, 0.29) is 30.7 Å². The van der Waals surface area contributed by atoms with Crippen molar-refractivity contribution in [3.63, 3.8) is 0 Å². The smallest absolute Gasteiger partial charge is 0.410 e. The molecule has 5 rings (SSSR count). The van der Waals surface area contributed by atoms with Gasteiger partial charge in [-0.2, -0.15) is 0 Å². The summed E-state index contributed by atoms with van der Waals surface area (Å²) in [5.41, 5.74) is 0.711. The molecule has 5 amide bonds. The van der Waals surface area contributed by atoms with Crippen molar-refractivity contribution in [2.75, 3.05) is 19.6 Å². The van der Waals surface area contributed by atoms with Gasteiger partial charge in [-0.1, -0.05) is 24.3 Å². The molecular weight excluding hydrogens is 462 g/mol. The summed E-state index contributed by atoms with van der Waals surface area (Å²) in [7, 11) is 0. The van der Waals surface area contributed by atoms with E-state index in [4.69, 9.17) is 4.74 Å². The molecule has 1 fully saturated rings. The van der Waals surface area contributed by atoms with Gasteiger partial charge in [0, 0.05) is 31.6 Å². The van der Waals surface area contributed by atoms with E-state index in [0.29, 0.717) is 35.3 Å². The average molecular weight is 490 g/mol. The number of hydrogen-bond acceptors (Lipinski definition) is 6. The number of nitrogens with zero attached hydrogens (tertiary/aromatic N) is 3. The van der Waals surface area contributed by atoms with Crippen molar-refractivity contribution in [2.24, 2.45) is 5.92 Å². The quantitative estimate of drug-likeness (QED) is 0.598. The summed E-state index contributed by atoms with van der Waals surface area (Å²) in [6.45, 7) is 6.00. The summed E-state index contributed by atoms with van der Waals surface area (Å²) in [5.74, 6) is -1.80. The number of carbonyl (C=O) groups is 5. The molecule has 1 unspecified atom stereocenters. The zero-order chi connectivity index (χ0) is 25.8. The first-order chi connectivity index (χ1) is 17.1. The molecule has 9 heteroatoms. The Morgan fingerprint density at radius 2 is 1.28 bits per heavy atom. The molecule has 9 nitrogen and oxygen atoms in total. The number of benzene rings is 2. The third kappa shape index (κ3) is 3.94. The normalized spacial score (nSPS) is 18.4. The monoisotopic (exact) mass is 489 g/mol. The minimum absolute atomic E-state index is 0.0490. The highest BCUT2D eigenvalue weighted by Gasteiger charge is 2.48. The summed E-state index contributed by atoms with van der Waals surface area (Å²) < 4.78 is 5.44. The molecule has 0 aromatic heterocycles. The van der Waals surface area contributed by atoms with Gasteiger partial charge in [-0.05, 0) is 51.5 Å². The zero-order valence-electron chi connectivity index (χ0n) is 20.4. The van der Waals surface area contributed by atoms with Gasteiger partial charge in [-0.15, -0.1) is 0 Å². The molecule has 1 atom stereocenters. The molecule has 186 valence electrons. The molecule has 3 heterocycles. The Hall–Kier alpha value is -4.01. The first-order valence-corrected chi connectivity index (χ1v) is 12.0. The summed E-state index contributed by atoms with van der Waals surface area (Å²) in [4.78, 5) is 68.6. The van der Waals surface area contributed by atoms with Gasteiger partial charge in [-0.25, -0.2) is 4.79 Å². The first kappa shape index (κ1) is 23.7. The second kappa shape index (κ2) is 8.58. The second-order valence-corrected chi connectivity index (χ2v) is 10.3. The van der Waals surface area contributed by atoms with Gasteiger partial charge in [0.2, 0.25) is 0 Å². The van der Waals surface area contributed by atoms with Crippen LogP contribution in [0.25, 0.3) is 0 Å². The number of likely N-dealkylation sites (tertiary alicyclic amines) is 1. The van der Waals surface area contributed by atoms with Gasteiger partial charge in [-0.3, -0.25) is 29.0 Å². The number of ether oxygens (including phenoxy) is 1. The van der Waals surface area contributed by atoms with E-state index < -0.39 is 29.6 Å². The maximum Gasteiger partial charge on any atom is 0.410 e. The van der Waals surface area contributed by atoms with Crippen LogP contribution in [-0.4, -0.2) is 75.7 Å². The summed E-state index contributed by atoms with van der Waals surface area (Å²) in [6, 6.07) is 12.7. The van der Waals surface area contributed by atoms with Crippen LogP contribution in [-0.2, 0) is 4.74 Å². The van der Waals surface area contributed by atoms with E-state index in [1.807, 2.05) is 0 Å². The lowest BCUT2D eigenvalue weighted by atomic mass is 9.88. The number of carbonyl (C=O) groups excluding carboxylic acids is 5. The molecule has 0 spiro atoms. The van der Waals surface area contributed by atoms with E-state index in [1.54, 1.807) is 69.3 Å². The van der Waals surface area contributed by atoms with Crippen LogP contribution in [0.1, 0.15) is 68.6 Å². The summed E-state index contributed by atoms with van der Waals surface area (Å²) >= 11 is 0. The molecule has 2 aromatic carbocycles. The Bertz CT molecular complexity index is 1220. The molecule has 1 saturated heterocycles. The third-order valence-corrected chi connectivity index (χ3v) is 6.79. The lowest BCUT2D eigenvalue weighted by Gasteiger charge is -2.45. The van der Waals surface area contributed by atoms with Crippen LogP contribution >= 0.6 is 0 Å². The van der Waals surface area contributed by atoms with Gasteiger partial charge in [0.1, 0.15) is 5.60 Å². The van der Waals surface area contributed by atoms with Gasteiger partial charge in [0.15, 0.2) is 0 Å². The van der Waals surface area contributed by atoms with Crippen molar-refractivity contribution in [1.82, 2.24) is 14.7 Å². The number of hydrogen-bond donors (Lipinski definition) is 0. The molecule has 0 radical (unpaired) electrons. The molecule has 0 bridgehead atoms. The van der Waals surface area contributed by atoms with E-state index in [2.05, 4.69) is 0 Å². The largest absolute Gasteiger partial charge is 0.444 e. The van der Waals surface area contributed by atoms with E-state index >= 15 is 0 Å². The van der Waals surface area contributed by atoms with Crippen molar-refractivity contribution >= 4 is 29.7 Å². The summed E-state index contributed by atoms with van der Waals surface area (Å²) in [5, 5.41) is 0. The maximum absolute atomic E-state index is 13.3. The Labute approximate surface area is 208 Å². The van der Waals surface area contributed by atoms with Gasteiger partial charge >= 0.3 is 6.09 Å². The van der Waals surface area contributed by atoms with Crippen LogP contribution in [0.2, 0.25) is 0 Å². The van der Waals surface area contributed by atoms with Crippen LogP contribution in [0.4, 0.5) is 4.79 Å². The van der Waals surface area contributed by atoms with Crippen molar-refractivity contribution in [3.05, 3.63) is 70.8 Å². The van der Waals surface area contributed by atoms with Crippen LogP contribution in [0.15, 0.2) is 48.5 Å². The van der Waals surface area contributed by atoms with Gasteiger partial charge in [0.05, 0.1) is 22.3 Å². The molecule has 3 aliphatic rings. The average Bonchev–Trinajstić information content (AvgIpc) is 3.19. The zero-order valence-corrected chi connectivity index (χ0v) is 20.4. The Morgan fingerprint density at radius 1 is 0.833 bits per heavy atom. The van der Waals surface area contributed by atoms with Crippen LogP contribution < -0.4 is 0 Å². The molecule has 0 saturated carbocycles. The predicted octanol–water partition coefficient (Wildman–Crippen LogP) is 3.20. The fourth-order valence-electron chi connectivity index (χ4n) is 5.02. The SMILES string of the molecule is CC(C)(C)OC(=O)N1CC(C(CCN2C(=O)c3ccccc3C2=O)N2C(=O)c3ccccc3C2=O)C1. The third-order valence-electron chi connectivity index (χ3n) is 6.79. The number of imide groups is 2. The number of fused-ring (bicyclic) bond motifs is 2. The number of rotatable bonds is 5. The molecule has 0 N–H and O–H groups in total.